The Morgan fingerprint density at radius 3 is 2.71 bits per heavy atom. The van der Waals surface area contributed by atoms with E-state index in [1.165, 1.54) is 12.1 Å². The van der Waals surface area contributed by atoms with Crippen LogP contribution in [0.3, 0.4) is 0 Å². The number of pyridine rings is 1. The Labute approximate surface area is 107 Å². The molecule has 0 saturated carbocycles. The molecule has 0 aliphatic rings. The average Bonchev–Trinajstić information content (AvgIpc) is 2.28. The number of hydrogen-bond donors (Lipinski definition) is 1. The predicted molar refractivity (Wildman–Crippen MR) is 69.2 cm³/mol. The molecule has 1 atom stereocenters. The number of benzene rings is 1. The zero-order valence-electron chi connectivity index (χ0n) is 8.96. The van der Waals surface area contributed by atoms with Crippen LogP contribution in [0.5, 0.6) is 0 Å². The lowest BCUT2D eigenvalue weighted by molar-refractivity contribution is 0.0992. The lowest BCUT2D eigenvalue weighted by Gasteiger charge is -2.06. The second kappa shape index (κ2) is 4.51. The van der Waals surface area contributed by atoms with Gasteiger partial charge in [0, 0.05) is 17.0 Å². The van der Waals surface area contributed by atoms with Crippen LogP contribution in [-0.2, 0) is 0 Å². The molecule has 0 bridgehead atoms. The quantitative estimate of drug-likeness (QED) is 0.673. The van der Waals surface area contributed by atoms with Crippen LogP contribution in [0.4, 0.5) is 0 Å². The first-order valence-corrected chi connectivity index (χ1v) is 5.81. The number of ketones is 1. The zero-order valence-corrected chi connectivity index (χ0v) is 10.5. The van der Waals surface area contributed by atoms with Crippen LogP contribution in [0.25, 0.3) is 10.9 Å². The third-order valence-electron chi connectivity index (χ3n) is 2.43. The van der Waals surface area contributed by atoms with E-state index < -0.39 is 5.38 Å². The van der Waals surface area contributed by atoms with E-state index in [-0.39, 0.29) is 11.3 Å². The maximum atomic E-state index is 11.7. The van der Waals surface area contributed by atoms with Gasteiger partial charge < -0.3 is 4.98 Å². The monoisotopic (exact) mass is 269 g/mol. The van der Waals surface area contributed by atoms with Gasteiger partial charge in [-0.15, -0.1) is 11.6 Å². The van der Waals surface area contributed by atoms with E-state index in [1.807, 2.05) is 0 Å². The van der Waals surface area contributed by atoms with Crippen LogP contribution in [0.15, 0.2) is 29.1 Å². The zero-order chi connectivity index (χ0) is 12.6. The van der Waals surface area contributed by atoms with E-state index >= 15 is 0 Å². The van der Waals surface area contributed by atoms with Gasteiger partial charge >= 0.3 is 0 Å². The second-order valence-electron chi connectivity index (χ2n) is 3.73. The van der Waals surface area contributed by atoms with Crippen molar-refractivity contribution >= 4 is 39.9 Å². The van der Waals surface area contributed by atoms with Crippen molar-refractivity contribution in [2.45, 2.75) is 12.3 Å². The Morgan fingerprint density at radius 1 is 1.35 bits per heavy atom. The number of alkyl halides is 1. The van der Waals surface area contributed by atoms with Crippen molar-refractivity contribution in [3.8, 4) is 0 Å². The van der Waals surface area contributed by atoms with Crippen LogP contribution >= 0.6 is 23.2 Å². The molecule has 1 heterocycles. The molecule has 17 heavy (non-hydrogen) atoms. The molecule has 0 aliphatic heterocycles. The van der Waals surface area contributed by atoms with E-state index in [1.54, 1.807) is 19.1 Å². The molecule has 0 amide bonds. The van der Waals surface area contributed by atoms with E-state index in [9.17, 15) is 9.59 Å². The minimum absolute atomic E-state index is 0.193. The standard InChI is InChI=1S/C12H9Cl2NO2/c1-6(13)12(17)8-4-7-2-3-10(16)15-11(7)9(14)5-8/h2-6H,1H3,(H,15,16). The molecule has 2 aromatic rings. The molecule has 0 spiro atoms. The van der Waals surface area contributed by atoms with Crippen LogP contribution in [0.2, 0.25) is 5.02 Å². The smallest absolute Gasteiger partial charge is 0.248 e. The summed E-state index contributed by atoms with van der Waals surface area (Å²) in [7, 11) is 0. The summed E-state index contributed by atoms with van der Waals surface area (Å²) in [5.74, 6) is -0.193. The first-order valence-electron chi connectivity index (χ1n) is 5.00. The number of rotatable bonds is 2. The molecular weight excluding hydrogens is 261 g/mol. The van der Waals surface area contributed by atoms with Gasteiger partial charge in [-0.2, -0.15) is 0 Å². The summed E-state index contributed by atoms with van der Waals surface area (Å²) in [6.45, 7) is 1.61. The van der Waals surface area contributed by atoms with Crippen molar-refractivity contribution in [1.82, 2.24) is 4.98 Å². The fourth-order valence-corrected chi connectivity index (χ4v) is 1.99. The van der Waals surface area contributed by atoms with E-state index in [2.05, 4.69) is 4.98 Å². The topological polar surface area (TPSA) is 49.9 Å². The Kier molecular flexibility index (Phi) is 3.22. The van der Waals surface area contributed by atoms with Crippen molar-refractivity contribution < 1.29 is 4.79 Å². The second-order valence-corrected chi connectivity index (χ2v) is 4.79. The molecule has 1 aromatic carbocycles. The number of H-pyrrole nitrogens is 1. The molecule has 5 heteroatoms. The van der Waals surface area contributed by atoms with Crippen molar-refractivity contribution in [2.75, 3.05) is 0 Å². The minimum Gasteiger partial charge on any atom is -0.321 e. The molecule has 1 aromatic heterocycles. The van der Waals surface area contributed by atoms with E-state index in [0.29, 0.717) is 21.5 Å². The number of nitrogens with one attached hydrogen (secondary N) is 1. The summed E-state index contributed by atoms with van der Waals surface area (Å²) in [5, 5.41) is 0.435. The Hall–Kier alpha value is -1.32. The first kappa shape index (κ1) is 12.1. The Morgan fingerprint density at radius 2 is 2.06 bits per heavy atom. The number of carbonyl (C=O) groups is 1. The van der Waals surface area contributed by atoms with Crippen LogP contribution in [0, 0.1) is 0 Å². The molecule has 2 rings (SSSR count). The number of aromatic amines is 1. The highest BCUT2D eigenvalue weighted by atomic mass is 35.5. The Balaban J connectivity index is 2.68. The highest BCUT2D eigenvalue weighted by Crippen LogP contribution is 2.23. The van der Waals surface area contributed by atoms with Gasteiger partial charge in [-0.25, -0.2) is 0 Å². The van der Waals surface area contributed by atoms with Gasteiger partial charge in [-0.05, 0) is 25.1 Å². The molecule has 0 radical (unpaired) electrons. The molecule has 88 valence electrons. The van der Waals surface area contributed by atoms with Gasteiger partial charge in [0.05, 0.1) is 15.9 Å². The summed E-state index contributed by atoms with van der Waals surface area (Å²) >= 11 is 11.8. The number of Topliss-reactive ketones (excluding diaryl/α,β-unsaturated/α-hetero) is 1. The highest BCUT2D eigenvalue weighted by Gasteiger charge is 2.14. The van der Waals surface area contributed by atoms with Crippen LogP contribution in [-0.4, -0.2) is 16.1 Å². The molecule has 1 N–H and O–H groups in total. The molecule has 1 unspecified atom stereocenters. The Bertz CT molecular complexity index is 646. The number of fused-ring (bicyclic) bond motifs is 1. The maximum Gasteiger partial charge on any atom is 0.248 e. The molecule has 3 nitrogen and oxygen atoms in total. The predicted octanol–water partition coefficient (Wildman–Crippen LogP) is 2.99. The van der Waals surface area contributed by atoms with Crippen molar-refractivity contribution in [3.05, 3.63) is 45.2 Å². The third-order valence-corrected chi connectivity index (χ3v) is 2.93. The first-order chi connectivity index (χ1) is 7.99. The normalized spacial score (nSPS) is 12.6. The van der Waals surface area contributed by atoms with Crippen molar-refractivity contribution in [1.29, 1.82) is 0 Å². The summed E-state index contributed by atoms with van der Waals surface area (Å²) < 4.78 is 0. The van der Waals surface area contributed by atoms with Crippen molar-refractivity contribution in [3.63, 3.8) is 0 Å². The fraction of sp³-hybridized carbons (Fsp3) is 0.167. The van der Waals surface area contributed by atoms with Gasteiger partial charge in [-0.3, -0.25) is 9.59 Å². The lowest BCUT2D eigenvalue weighted by atomic mass is 10.1. The SMILES string of the molecule is CC(Cl)C(=O)c1cc(Cl)c2[nH]c(=O)ccc2c1. The summed E-state index contributed by atoms with van der Waals surface area (Å²) in [4.78, 5) is 25.5. The molecular formula is C12H9Cl2NO2. The minimum atomic E-state index is -0.605. The van der Waals surface area contributed by atoms with Gasteiger partial charge in [0.2, 0.25) is 5.56 Å². The number of hydrogen-bond acceptors (Lipinski definition) is 2. The summed E-state index contributed by atoms with van der Waals surface area (Å²) in [6.07, 6.45) is 0. The van der Waals surface area contributed by atoms with Crippen LogP contribution < -0.4 is 5.56 Å². The maximum absolute atomic E-state index is 11.7. The van der Waals surface area contributed by atoms with Crippen LogP contribution in [0.1, 0.15) is 17.3 Å². The van der Waals surface area contributed by atoms with Gasteiger partial charge in [-0.1, -0.05) is 11.6 Å². The molecule has 0 fully saturated rings. The summed E-state index contributed by atoms with van der Waals surface area (Å²) in [6, 6.07) is 6.19. The van der Waals surface area contributed by atoms with Gasteiger partial charge in [0.15, 0.2) is 5.78 Å². The number of aromatic nitrogens is 1. The van der Waals surface area contributed by atoms with Gasteiger partial charge in [0.25, 0.3) is 0 Å². The van der Waals surface area contributed by atoms with E-state index in [0.717, 1.165) is 0 Å². The molecule has 0 saturated heterocycles. The fourth-order valence-electron chi connectivity index (χ4n) is 1.59. The summed E-state index contributed by atoms with van der Waals surface area (Å²) in [5.41, 5.74) is 0.735. The highest BCUT2D eigenvalue weighted by molar-refractivity contribution is 6.37. The average molecular weight is 270 g/mol. The van der Waals surface area contributed by atoms with Gasteiger partial charge in [0.1, 0.15) is 0 Å². The molecule has 0 aliphatic carbocycles. The number of halogens is 2. The number of carbonyl (C=O) groups excluding carboxylic acids is 1. The van der Waals surface area contributed by atoms with E-state index in [4.69, 9.17) is 23.2 Å². The third kappa shape index (κ3) is 2.35. The lowest BCUT2D eigenvalue weighted by Crippen LogP contribution is -2.11. The largest absolute Gasteiger partial charge is 0.321 e. The van der Waals surface area contributed by atoms with Crippen molar-refractivity contribution in [2.24, 2.45) is 0 Å².